The summed E-state index contributed by atoms with van der Waals surface area (Å²) in [6, 6.07) is 4.58. The van der Waals surface area contributed by atoms with Gasteiger partial charge in [0.05, 0.1) is 0 Å². The Morgan fingerprint density at radius 2 is 1.84 bits per heavy atom. The highest BCUT2D eigenvalue weighted by Crippen LogP contribution is 2.23. The van der Waals surface area contributed by atoms with Crippen molar-refractivity contribution >= 4 is 15.9 Å². The summed E-state index contributed by atoms with van der Waals surface area (Å²) in [7, 11) is 0. The van der Waals surface area contributed by atoms with Crippen molar-refractivity contribution in [3.63, 3.8) is 0 Å². The van der Waals surface area contributed by atoms with Crippen LogP contribution in [0.25, 0.3) is 0 Å². The van der Waals surface area contributed by atoms with Crippen LogP contribution in [0.1, 0.15) is 49.8 Å². The minimum absolute atomic E-state index is 0.799. The molecule has 0 bridgehead atoms. The van der Waals surface area contributed by atoms with E-state index in [1.165, 1.54) is 46.8 Å². The van der Waals surface area contributed by atoms with Gasteiger partial charge in [0, 0.05) is 4.47 Å². The van der Waals surface area contributed by atoms with Gasteiger partial charge in [0.25, 0.3) is 0 Å². The van der Waals surface area contributed by atoms with Crippen LogP contribution in [0.5, 0.6) is 0 Å². The first-order valence-corrected chi connectivity index (χ1v) is 8.30. The Hall–Kier alpha value is -0.340. The molecule has 0 saturated heterocycles. The van der Waals surface area contributed by atoms with Gasteiger partial charge in [-0.1, -0.05) is 35.8 Å². The smallest absolute Gasteiger partial charge is 0.0207 e. The molecule has 1 aromatic carbocycles. The molecule has 2 heteroatoms. The first-order valence-electron chi connectivity index (χ1n) is 7.51. The van der Waals surface area contributed by atoms with E-state index in [9.17, 15) is 0 Å². The normalized spacial score (nSPS) is 12.7. The van der Waals surface area contributed by atoms with E-state index in [1.54, 1.807) is 0 Å². The summed E-state index contributed by atoms with van der Waals surface area (Å²) in [5.41, 5.74) is 4.26. The van der Waals surface area contributed by atoms with Gasteiger partial charge in [0.2, 0.25) is 0 Å². The molecule has 19 heavy (non-hydrogen) atoms. The second-order valence-electron chi connectivity index (χ2n) is 5.71. The zero-order chi connectivity index (χ0) is 14.3. The predicted molar refractivity (Wildman–Crippen MR) is 88.9 cm³/mol. The van der Waals surface area contributed by atoms with Crippen molar-refractivity contribution in [2.75, 3.05) is 13.1 Å². The number of halogens is 1. The lowest BCUT2D eigenvalue weighted by atomic mass is 9.95. The van der Waals surface area contributed by atoms with Gasteiger partial charge in [-0.05, 0) is 81.3 Å². The van der Waals surface area contributed by atoms with Gasteiger partial charge in [-0.25, -0.2) is 0 Å². The molecule has 1 unspecified atom stereocenters. The minimum atomic E-state index is 0.799. The van der Waals surface area contributed by atoms with Crippen LogP contribution in [0.4, 0.5) is 0 Å². The van der Waals surface area contributed by atoms with Crippen LogP contribution < -0.4 is 5.32 Å². The molecule has 1 N–H and O–H groups in total. The number of nitrogens with one attached hydrogen (secondary N) is 1. The predicted octanol–water partition coefficient (Wildman–Crippen LogP) is 5.02. The number of hydrogen-bond acceptors (Lipinski definition) is 1. The molecule has 1 atom stereocenters. The lowest BCUT2D eigenvalue weighted by molar-refractivity contribution is 0.470. The summed E-state index contributed by atoms with van der Waals surface area (Å²) in [4.78, 5) is 0. The molecule has 0 amide bonds. The maximum atomic E-state index is 3.60. The SMILES string of the molecule is CCCNCCC(C)CCc1cc(C)c(Br)cc1C. The molecule has 1 nitrogen and oxygen atoms in total. The Morgan fingerprint density at radius 3 is 2.53 bits per heavy atom. The maximum absolute atomic E-state index is 3.60. The Labute approximate surface area is 127 Å². The number of aryl methyl sites for hydroxylation is 3. The van der Waals surface area contributed by atoms with Crippen LogP contribution in [0, 0.1) is 19.8 Å². The molecule has 0 fully saturated rings. The van der Waals surface area contributed by atoms with Gasteiger partial charge in [-0.15, -0.1) is 0 Å². The van der Waals surface area contributed by atoms with Crippen molar-refractivity contribution in [2.45, 2.75) is 53.4 Å². The first-order chi connectivity index (χ1) is 9.04. The topological polar surface area (TPSA) is 12.0 Å². The molecule has 0 aliphatic rings. The Kier molecular flexibility index (Phi) is 7.70. The van der Waals surface area contributed by atoms with Crippen molar-refractivity contribution in [1.29, 1.82) is 0 Å². The highest BCUT2D eigenvalue weighted by molar-refractivity contribution is 9.10. The van der Waals surface area contributed by atoms with E-state index in [1.807, 2.05) is 0 Å². The van der Waals surface area contributed by atoms with Crippen LogP contribution in [0.15, 0.2) is 16.6 Å². The monoisotopic (exact) mass is 325 g/mol. The highest BCUT2D eigenvalue weighted by atomic mass is 79.9. The average molecular weight is 326 g/mol. The van der Waals surface area contributed by atoms with Crippen LogP contribution in [0.3, 0.4) is 0 Å². The molecule has 0 heterocycles. The summed E-state index contributed by atoms with van der Waals surface area (Å²) < 4.78 is 1.23. The Morgan fingerprint density at radius 1 is 1.11 bits per heavy atom. The molecule has 1 aromatic rings. The number of rotatable bonds is 8. The molecule has 0 aliphatic carbocycles. The number of hydrogen-bond donors (Lipinski definition) is 1. The van der Waals surface area contributed by atoms with E-state index in [4.69, 9.17) is 0 Å². The summed E-state index contributed by atoms with van der Waals surface area (Å²) in [6.07, 6.45) is 5.00. The zero-order valence-electron chi connectivity index (χ0n) is 12.9. The average Bonchev–Trinajstić information content (AvgIpc) is 2.37. The maximum Gasteiger partial charge on any atom is 0.0207 e. The Bertz CT molecular complexity index is 387. The fourth-order valence-electron chi connectivity index (χ4n) is 2.31. The summed E-state index contributed by atoms with van der Waals surface area (Å²) >= 11 is 3.60. The zero-order valence-corrected chi connectivity index (χ0v) is 14.4. The number of benzene rings is 1. The molecule has 0 aromatic heterocycles. The van der Waals surface area contributed by atoms with Gasteiger partial charge in [0.15, 0.2) is 0 Å². The highest BCUT2D eigenvalue weighted by Gasteiger charge is 2.06. The molecule has 0 spiro atoms. The van der Waals surface area contributed by atoms with E-state index in [0.717, 1.165) is 19.0 Å². The van der Waals surface area contributed by atoms with E-state index in [0.29, 0.717) is 0 Å². The van der Waals surface area contributed by atoms with Crippen molar-refractivity contribution < 1.29 is 0 Å². The Balaban J connectivity index is 2.37. The van der Waals surface area contributed by atoms with Crippen LogP contribution in [0.2, 0.25) is 0 Å². The second-order valence-corrected chi connectivity index (χ2v) is 6.56. The quantitative estimate of drug-likeness (QED) is 0.661. The van der Waals surface area contributed by atoms with E-state index < -0.39 is 0 Å². The molecule has 0 aliphatic heterocycles. The minimum Gasteiger partial charge on any atom is -0.317 e. The van der Waals surface area contributed by atoms with E-state index in [-0.39, 0.29) is 0 Å². The van der Waals surface area contributed by atoms with E-state index >= 15 is 0 Å². The van der Waals surface area contributed by atoms with Gasteiger partial charge >= 0.3 is 0 Å². The van der Waals surface area contributed by atoms with E-state index in [2.05, 4.69) is 61.1 Å². The third-order valence-corrected chi connectivity index (χ3v) is 4.62. The summed E-state index contributed by atoms with van der Waals surface area (Å²) in [5.74, 6) is 0.799. The van der Waals surface area contributed by atoms with Crippen molar-refractivity contribution in [3.8, 4) is 0 Å². The lowest BCUT2D eigenvalue weighted by Crippen LogP contribution is -2.18. The molecule has 0 saturated carbocycles. The standard InChI is InChI=1S/C17H28BrN/c1-5-9-19-10-8-13(2)6-7-16-11-15(4)17(18)12-14(16)3/h11-13,19H,5-10H2,1-4H3. The fraction of sp³-hybridized carbons (Fsp3) is 0.647. The van der Waals surface area contributed by atoms with Crippen LogP contribution in [-0.4, -0.2) is 13.1 Å². The van der Waals surface area contributed by atoms with Gasteiger partial charge in [0.1, 0.15) is 0 Å². The van der Waals surface area contributed by atoms with Crippen molar-refractivity contribution in [2.24, 2.45) is 5.92 Å². The lowest BCUT2D eigenvalue weighted by Gasteiger charge is -2.14. The van der Waals surface area contributed by atoms with Crippen molar-refractivity contribution in [1.82, 2.24) is 5.32 Å². The molecule has 0 radical (unpaired) electrons. The molecule has 1 rings (SSSR count). The molecule has 108 valence electrons. The van der Waals surface area contributed by atoms with Crippen LogP contribution in [-0.2, 0) is 6.42 Å². The third kappa shape index (κ3) is 6.09. The summed E-state index contributed by atoms with van der Waals surface area (Å²) in [6.45, 7) is 11.3. The van der Waals surface area contributed by atoms with Gasteiger partial charge in [-0.3, -0.25) is 0 Å². The molecular formula is C17H28BrN. The van der Waals surface area contributed by atoms with Crippen molar-refractivity contribution in [3.05, 3.63) is 33.3 Å². The van der Waals surface area contributed by atoms with Gasteiger partial charge < -0.3 is 5.32 Å². The third-order valence-electron chi connectivity index (χ3n) is 3.76. The molecular weight excluding hydrogens is 298 g/mol. The largest absolute Gasteiger partial charge is 0.317 e. The second kappa shape index (κ2) is 8.76. The van der Waals surface area contributed by atoms with Crippen LogP contribution >= 0.6 is 15.9 Å². The first kappa shape index (κ1) is 16.7. The van der Waals surface area contributed by atoms with Gasteiger partial charge in [-0.2, -0.15) is 0 Å². The summed E-state index contributed by atoms with van der Waals surface area (Å²) in [5, 5.41) is 3.49. The fourth-order valence-corrected chi connectivity index (χ4v) is 2.76.